The minimum Gasteiger partial charge on any atom is -0.480 e. The van der Waals surface area contributed by atoms with Crippen LogP contribution in [0.4, 0.5) is 0 Å². The van der Waals surface area contributed by atoms with Gasteiger partial charge < -0.3 is 10.0 Å². The quantitative estimate of drug-likeness (QED) is 0.867. The molecular weight excluding hydrogens is 377 g/mol. The molecule has 4 rings (SSSR count). The van der Waals surface area contributed by atoms with E-state index < -0.39 is 12.0 Å². The van der Waals surface area contributed by atoms with E-state index in [9.17, 15) is 14.7 Å². The fourth-order valence-corrected chi connectivity index (χ4v) is 4.35. The molecule has 0 radical (unpaired) electrons. The molecule has 8 heteroatoms. The van der Waals surface area contributed by atoms with Gasteiger partial charge in [0.05, 0.1) is 10.7 Å². The van der Waals surface area contributed by atoms with Gasteiger partial charge in [-0.05, 0) is 50.3 Å². The van der Waals surface area contributed by atoms with Gasteiger partial charge in [-0.2, -0.15) is 5.10 Å². The first-order chi connectivity index (χ1) is 12.5. The van der Waals surface area contributed by atoms with E-state index >= 15 is 0 Å². The molecule has 136 valence electrons. The summed E-state index contributed by atoms with van der Waals surface area (Å²) in [5.74, 6) is -1.27. The van der Waals surface area contributed by atoms with Crippen molar-refractivity contribution in [1.29, 1.82) is 0 Å². The van der Waals surface area contributed by atoms with E-state index in [0.717, 1.165) is 30.5 Å². The van der Waals surface area contributed by atoms with Gasteiger partial charge in [0, 0.05) is 22.8 Å². The van der Waals surface area contributed by atoms with Crippen LogP contribution in [0.1, 0.15) is 41.0 Å². The molecule has 1 aromatic heterocycles. The summed E-state index contributed by atoms with van der Waals surface area (Å²) in [5, 5.41) is 14.9. The smallest absolute Gasteiger partial charge is 0.326 e. The molecular formula is C18H17Cl2N3O3. The predicted molar refractivity (Wildman–Crippen MR) is 97.3 cm³/mol. The summed E-state index contributed by atoms with van der Waals surface area (Å²) in [6.07, 6.45) is 3.66. The zero-order valence-corrected chi connectivity index (χ0v) is 15.4. The fraction of sp³-hybridized carbons (Fsp3) is 0.389. The molecule has 6 nitrogen and oxygen atoms in total. The first-order valence-electron chi connectivity index (χ1n) is 8.57. The number of carboxylic acids is 1. The molecule has 0 spiro atoms. The number of likely N-dealkylation sites (tertiary alicyclic amines) is 1. The Morgan fingerprint density at radius 2 is 2.00 bits per heavy atom. The third kappa shape index (κ3) is 2.77. The van der Waals surface area contributed by atoms with Gasteiger partial charge in [-0.3, -0.25) is 4.79 Å². The van der Waals surface area contributed by atoms with Crippen LogP contribution in [0.5, 0.6) is 0 Å². The largest absolute Gasteiger partial charge is 0.480 e. The van der Waals surface area contributed by atoms with Crippen LogP contribution in [-0.2, 0) is 17.6 Å². The van der Waals surface area contributed by atoms with Gasteiger partial charge in [0.25, 0.3) is 5.91 Å². The van der Waals surface area contributed by atoms with Crippen LogP contribution in [0, 0.1) is 0 Å². The van der Waals surface area contributed by atoms with Crippen LogP contribution in [0.15, 0.2) is 18.2 Å². The Morgan fingerprint density at radius 1 is 1.19 bits per heavy atom. The summed E-state index contributed by atoms with van der Waals surface area (Å²) in [7, 11) is 0. The maximum Gasteiger partial charge on any atom is 0.326 e. The molecule has 1 aliphatic heterocycles. The number of carboxylic acid groups (broad SMARTS) is 1. The summed E-state index contributed by atoms with van der Waals surface area (Å²) < 4.78 is 1.71. The Morgan fingerprint density at radius 3 is 2.73 bits per heavy atom. The Kier molecular flexibility index (Phi) is 4.40. The molecule has 1 aromatic carbocycles. The number of nitrogens with zero attached hydrogens (tertiary/aromatic N) is 3. The summed E-state index contributed by atoms with van der Waals surface area (Å²) in [6.45, 7) is 0.444. The van der Waals surface area contributed by atoms with Crippen molar-refractivity contribution in [1.82, 2.24) is 14.7 Å². The predicted octanol–water partition coefficient (Wildman–Crippen LogP) is 3.36. The first kappa shape index (κ1) is 17.4. The lowest BCUT2D eigenvalue weighted by Crippen LogP contribution is -2.40. The van der Waals surface area contributed by atoms with Crippen molar-refractivity contribution in [2.45, 2.75) is 38.1 Å². The summed E-state index contributed by atoms with van der Waals surface area (Å²) >= 11 is 12.3. The van der Waals surface area contributed by atoms with E-state index in [-0.39, 0.29) is 5.91 Å². The lowest BCUT2D eigenvalue weighted by Gasteiger charge is -2.20. The second kappa shape index (κ2) is 6.59. The van der Waals surface area contributed by atoms with Crippen LogP contribution < -0.4 is 0 Å². The van der Waals surface area contributed by atoms with E-state index in [2.05, 4.69) is 5.10 Å². The Bertz CT molecular complexity index is 909. The zero-order valence-electron chi connectivity index (χ0n) is 13.9. The van der Waals surface area contributed by atoms with Crippen LogP contribution >= 0.6 is 23.2 Å². The SMILES string of the molecule is O=C(O)[C@@H]1CCCN1C(=O)c1nn(-c2ccc(Cl)cc2Cl)c2c1CCC2. The van der Waals surface area contributed by atoms with Crippen LogP contribution in [0.25, 0.3) is 5.69 Å². The number of hydrogen-bond donors (Lipinski definition) is 1. The lowest BCUT2D eigenvalue weighted by molar-refractivity contribution is -0.141. The van der Waals surface area contributed by atoms with E-state index in [4.69, 9.17) is 23.2 Å². The van der Waals surface area contributed by atoms with E-state index in [1.165, 1.54) is 4.90 Å². The van der Waals surface area contributed by atoms with Crippen molar-refractivity contribution in [2.75, 3.05) is 6.54 Å². The number of amides is 1. The highest BCUT2D eigenvalue weighted by Gasteiger charge is 2.38. The van der Waals surface area contributed by atoms with Crippen molar-refractivity contribution >= 4 is 35.1 Å². The maximum atomic E-state index is 13.0. The number of aromatic nitrogens is 2. The molecule has 2 aromatic rings. The van der Waals surface area contributed by atoms with E-state index in [1.54, 1.807) is 22.9 Å². The van der Waals surface area contributed by atoms with Crippen molar-refractivity contribution in [3.8, 4) is 5.69 Å². The number of carbonyl (C=O) groups is 2. The topological polar surface area (TPSA) is 75.4 Å². The third-order valence-electron chi connectivity index (χ3n) is 5.07. The Labute approximate surface area is 160 Å². The van der Waals surface area contributed by atoms with Crippen molar-refractivity contribution in [3.63, 3.8) is 0 Å². The van der Waals surface area contributed by atoms with E-state index in [1.807, 2.05) is 0 Å². The van der Waals surface area contributed by atoms with Crippen LogP contribution in [-0.4, -0.2) is 44.3 Å². The van der Waals surface area contributed by atoms with Gasteiger partial charge in [-0.25, -0.2) is 9.48 Å². The average molecular weight is 394 g/mol. The highest BCUT2D eigenvalue weighted by Crippen LogP contribution is 2.33. The average Bonchev–Trinajstić information content (AvgIpc) is 3.30. The molecule has 2 aliphatic rings. The van der Waals surface area contributed by atoms with Gasteiger partial charge in [0.2, 0.25) is 0 Å². The maximum absolute atomic E-state index is 13.0. The number of halogens is 2. The number of rotatable bonds is 3. The lowest BCUT2D eigenvalue weighted by atomic mass is 10.1. The molecule has 0 unspecified atom stereocenters. The molecule has 1 saturated heterocycles. The van der Waals surface area contributed by atoms with Crippen molar-refractivity contribution in [3.05, 3.63) is 45.2 Å². The van der Waals surface area contributed by atoms with Gasteiger partial charge >= 0.3 is 5.97 Å². The van der Waals surface area contributed by atoms with Gasteiger partial charge in [0.15, 0.2) is 5.69 Å². The van der Waals surface area contributed by atoms with Gasteiger partial charge in [-0.1, -0.05) is 23.2 Å². The summed E-state index contributed by atoms with van der Waals surface area (Å²) in [5.41, 5.74) is 2.88. The molecule has 1 aliphatic carbocycles. The number of benzene rings is 1. The minimum absolute atomic E-state index is 0.308. The molecule has 1 fully saturated rings. The van der Waals surface area contributed by atoms with Crippen molar-refractivity contribution < 1.29 is 14.7 Å². The molecule has 0 bridgehead atoms. The normalized spacial score (nSPS) is 19.0. The third-order valence-corrected chi connectivity index (χ3v) is 5.61. The fourth-order valence-electron chi connectivity index (χ4n) is 3.86. The van der Waals surface area contributed by atoms with Gasteiger partial charge in [-0.15, -0.1) is 0 Å². The van der Waals surface area contributed by atoms with E-state index in [0.29, 0.717) is 40.8 Å². The summed E-state index contributed by atoms with van der Waals surface area (Å²) in [6, 6.07) is 4.38. The van der Waals surface area contributed by atoms with Crippen molar-refractivity contribution in [2.24, 2.45) is 0 Å². The Hall–Kier alpha value is -2.05. The molecule has 26 heavy (non-hydrogen) atoms. The second-order valence-electron chi connectivity index (χ2n) is 6.63. The highest BCUT2D eigenvalue weighted by molar-refractivity contribution is 6.35. The Balaban J connectivity index is 1.77. The molecule has 1 N–H and O–H groups in total. The second-order valence-corrected chi connectivity index (χ2v) is 7.47. The molecule has 0 saturated carbocycles. The number of carbonyl (C=O) groups excluding carboxylic acids is 1. The van der Waals surface area contributed by atoms with Crippen LogP contribution in [0.3, 0.4) is 0 Å². The highest BCUT2D eigenvalue weighted by atomic mass is 35.5. The molecule has 2 heterocycles. The monoisotopic (exact) mass is 393 g/mol. The van der Waals surface area contributed by atoms with Gasteiger partial charge in [0.1, 0.15) is 6.04 Å². The zero-order chi connectivity index (χ0) is 18.4. The number of fused-ring (bicyclic) bond motifs is 1. The van der Waals surface area contributed by atoms with Crippen LogP contribution in [0.2, 0.25) is 10.0 Å². The molecule has 1 amide bonds. The molecule has 1 atom stereocenters. The minimum atomic E-state index is -0.965. The first-order valence-corrected chi connectivity index (χ1v) is 9.33. The number of hydrogen-bond acceptors (Lipinski definition) is 3. The standard InChI is InChI=1S/C18H17Cl2N3O3/c19-10-6-7-14(12(20)9-10)23-13-4-1-3-11(13)16(21-23)17(24)22-8-2-5-15(22)18(25)26/h6-7,9,15H,1-5,8H2,(H,25,26)/t15-/m0/s1. The summed E-state index contributed by atoms with van der Waals surface area (Å²) in [4.78, 5) is 25.9. The number of aliphatic carboxylic acids is 1.